The monoisotopic (exact) mass is 341 g/mol. The van der Waals surface area contributed by atoms with Crippen molar-refractivity contribution in [3.8, 4) is 0 Å². The van der Waals surface area contributed by atoms with Gasteiger partial charge in [-0.1, -0.05) is 37.3 Å². The predicted octanol–water partition coefficient (Wildman–Crippen LogP) is 2.04. The molecule has 3 rings (SSSR count). The first-order valence-corrected chi connectivity index (χ1v) is 8.87. The third kappa shape index (κ3) is 4.89. The number of piperidine rings is 1. The van der Waals surface area contributed by atoms with Crippen LogP contribution in [-0.2, 0) is 17.9 Å². The van der Waals surface area contributed by atoms with Crippen LogP contribution in [0.4, 0.5) is 0 Å². The lowest BCUT2D eigenvalue weighted by atomic mass is 9.80. The number of hydrogen-bond acceptors (Lipinski definition) is 4. The van der Waals surface area contributed by atoms with Gasteiger partial charge in [0.15, 0.2) is 0 Å². The van der Waals surface area contributed by atoms with Crippen molar-refractivity contribution in [2.75, 3.05) is 26.7 Å². The highest BCUT2D eigenvalue weighted by Gasteiger charge is 2.32. The third-order valence-electron chi connectivity index (χ3n) is 5.12. The molecule has 6 heteroatoms. The SMILES string of the molecule is CN(CC1(C)CCN(Cc2ccccc2)CC1)C(=O)Cn1cncn1. The topological polar surface area (TPSA) is 54.3 Å². The summed E-state index contributed by atoms with van der Waals surface area (Å²) < 4.78 is 1.57. The number of benzene rings is 1. The van der Waals surface area contributed by atoms with E-state index >= 15 is 0 Å². The summed E-state index contributed by atoms with van der Waals surface area (Å²) in [6.07, 6.45) is 5.26. The minimum absolute atomic E-state index is 0.0819. The van der Waals surface area contributed by atoms with E-state index in [1.165, 1.54) is 11.9 Å². The second-order valence-corrected chi connectivity index (χ2v) is 7.42. The highest BCUT2D eigenvalue weighted by atomic mass is 16.2. The minimum Gasteiger partial charge on any atom is -0.344 e. The molecule has 0 radical (unpaired) electrons. The average molecular weight is 341 g/mol. The Labute approximate surface area is 149 Å². The number of carbonyl (C=O) groups is 1. The van der Waals surface area contributed by atoms with Gasteiger partial charge in [-0.2, -0.15) is 5.10 Å². The van der Waals surface area contributed by atoms with E-state index in [1.807, 2.05) is 11.9 Å². The molecule has 0 atom stereocenters. The molecule has 0 unspecified atom stereocenters. The van der Waals surface area contributed by atoms with Gasteiger partial charge in [-0.3, -0.25) is 9.69 Å². The van der Waals surface area contributed by atoms with Gasteiger partial charge in [-0.15, -0.1) is 0 Å². The summed E-state index contributed by atoms with van der Waals surface area (Å²) in [5.41, 5.74) is 1.55. The van der Waals surface area contributed by atoms with E-state index in [0.29, 0.717) is 0 Å². The highest BCUT2D eigenvalue weighted by Crippen LogP contribution is 2.32. The van der Waals surface area contributed by atoms with Crippen molar-refractivity contribution in [1.29, 1.82) is 0 Å². The quantitative estimate of drug-likeness (QED) is 0.807. The van der Waals surface area contributed by atoms with E-state index in [1.54, 1.807) is 11.0 Å². The van der Waals surface area contributed by atoms with E-state index in [2.05, 4.69) is 52.2 Å². The van der Waals surface area contributed by atoms with Crippen molar-refractivity contribution >= 4 is 5.91 Å². The predicted molar refractivity (Wildman–Crippen MR) is 96.7 cm³/mol. The van der Waals surface area contributed by atoms with Gasteiger partial charge >= 0.3 is 0 Å². The van der Waals surface area contributed by atoms with Crippen molar-refractivity contribution < 1.29 is 4.79 Å². The summed E-state index contributed by atoms with van der Waals surface area (Å²) in [7, 11) is 1.89. The smallest absolute Gasteiger partial charge is 0.244 e. The molecule has 1 aliphatic heterocycles. The zero-order valence-corrected chi connectivity index (χ0v) is 15.1. The molecule has 0 N–H and O–H groups in total. The Morgan fingerprint density at radius 3 is 2.60 bits per heavy atom. The molecule has 0 saturated carbocycles. The standard InChI is InChI=1S/C19H27N5O/c1-19(14-22(2)18(25)13-24-16-20-15-21-24)8-10-23(11-9-19)12-17-6-4-3-5-7-17/h3-7,15-16H,8-14H2,1-2H3. The first kappa shape index (κ1) is 17.6. The van der Waals surface area contributed by atoms with Crippen LogP contribution in [-0.4, -0.2) is 57.2 Å². The van der Waals surface area contributed by atoms with Crippen LogP contribution in [0.3, 0.4) is 0 Å². The van der Waals surface area contributed by atoms with Gasteiger partial charge in [-0.05, 0) is 36.9 Å². The first-order valence-electron chi connectivity index (χ1n) is 8.87. The molecule has 2 heterocycles. The maximum Gasteiger partial charge on any atom is 0.244 e. The van der Waals surface area contributed by atoms with Gasteiger partial charge in [0.1, 0.15) is 19.2 Å². The van der Waals surface area contributed by atoms with Crippen molar-refractivity contribution in [3.05, 3.63) is 48.5 Å². The first-order chi connectivity index (χ1) is 12.0. The molecule has 25 heavy (non-hydrogen) atoms. The number of amides is 1. The fourth-order valence-corrected chi connectivity index (χ4v) is 3.49. The number of likely N-dealkylation sites (N-methyl/N-ethyl adjacent to an activating group) is 1. The number of nitrogens with zero attached hydrogens (tertiary/aromatic N) is 5. The average Bonchev–Trinajstić information content (AvgIpc) is 3.11. The molecule has 0 spiro atoms. The number of hydrogen-bond donors (Lipinski definition) is 0. The van der Waals surface area contributed by atoms with Crippen LogP contribution in [0.5, 0.6) is 0 Å². The summed E-state index contributed by atoms with van der Waals surface area (Å²) >= 11 is 0. The van der Waals surface area contributed by atoms with Crippen molar-refractivity contribution in [1.82, 2.24) is 24.6 Å². The van der Waals surface area contributed by atoms with Gasteiger partial charge in [-0.25, -0.2) is 9.67 Å². The van der Waals surface area contributed by atoms with Crippen molar-refractivity contribution in [2.45, 2.75) is 32.9 Å². The normalized spacial score (nSPS) is 17.4. The third-order valence-corrected chi connectivity index (χ3v) is 5.12. The summed E-state index contributed by atoms with van der Waals surface area (Å²) in [6, 6.07) is 10.6. The zero-order chi connectivity index (χ0) is 17.7. The fraction of sp³-hybridized carbons (Fsp3) is 0.526. The molecule has 1 saturated heterocycles. The molecule has 2 aromatic rings. The Balaban J connectivity index is 1.47. The van der Waals surface area contributed by atoms with E-state index in [0.717, 1.165) is 39.0 Å². The number of rotatable bonds is 6. The molecular weight excluding hydrogens is 314 g/mol. The molecular formula is C19H27N5O. The summed E-state index contributed by atoms with van der Waals surface area (Å²) in [5, 5.41) is 4.00. The number of carbonyl (C=O) groups excluding carboxylic acids is 1. The fourth-order valence-electron chi connectivity index (χ4n) is 3.49. The number of aromatic nitrogens is 3. The van der Waals surface area contributed by atoms with Crippen molar-refractivity contribution in [3.63, 3.8) is 0 Å². The van der Waals surface area contributed by atoms with Gasteiger partial charge < -0.3 is 4.90 Å². The van der Waals surface area contributed by atoms with E-state index in [4.69, 9.17) is 0 Å². The molecule has 1 fully saturated rings. The lowest BCUT2D eigenvalue weighted by molar-refractivity contribution is -0.132. The van der Waals surface area contributed by atoms with Gasteiger partial charge in [0, 0.05) is 20.1 Å². The minimum atomic E-state index is 0.0819. The zero-order valence-electron chi connectivity index (χ0n) is 15.1. The maximum absolute atomic E-state index is 12.4. The van der Waals surface area contributed by atoms with Crippen LogP contribution in [0.25, 0.3) is 0 Å². The molecule has 6 nitrogen and oxygen atoms in total. The van der Waals surface area contributed by atoms with Crippen LogP contribution >= 0.6 is 0 Å². The molecule has 1 aliphatic rings. The molecule has 134 valence electrons. The summed E-state index contributed by atoms with van der Waals surface area (Å²) in [5.74, 6) is 0.0819. The second kappa shape index (κ2) is 7.78. The Morgan fingerprint density at radius 2 is 1.96 bits per heavy atom. The van der Waals surface area contributed by atoms with Crippen LogP contribution < -0.4 is 0 Å². The molecule has 1 aromatic heterocycles. The summed E-state index contributed by atoms with van der Waals surface area (Å²) in [4.78, 5) is 20.6. The Kier molecular flexibility index (Phi) is 5.48. The highest BCUT2D eigenvalue weighted by molar-refractivity contribution is 5.75. The van der Waals surface area contributed by atoms with Crippen molar-refractivity contribution in [2.24, 2.45) is 5.41 Å². The van der Waals surface area contributed by atoms with E-state index in [-0.39, 0.29) is 17.9 Å². The Hall–Kier alpha value is -2.21. The van der Waals surface area contributed by atoms with Gasteiger partial charge in [0.05, 0.1) is 0 Å². The van der Waals surface area contributed by atoms with Crippen LogP contribution in [0.15, 0.2) is 43.0 Å². The number of likely N-dealkylation sites (tertiary alicyclic amines) is 1. The molecule has 0 bridgehead atoms. The lowest BCUT2D eigenvalue weighted by Gasteiger charge is -2.41. The Bertz CT molecular complexity index is 662. The van der Waals surface area contributed by atoms with Gasteiger partial charge in [0.25, 0.3) is 0 Å². The Morgan fingerprint density at radius 1 is 1.24 bits per heavy atom. The van der Waals surface area contributed by atoms with Crippen LogP contribution in [0.1, 0.15) is 25.3 Å². The van der Waals surface area contributed by atoms with Crippen LogP contribution in [0.2, 0.25) is 0 Å². The largest absolute Gasteiger partial charge is 0.344 e. The maximum atomic E-state index is 12.4. The van der Waals surface area contributed by atoms with Crippen LogP contribution in [0, 0.1) is 5.41 Å². The second-order valence-electron chi connectivity index (χ2n) is 7.42. The van der Waals surface area contributed by atoms with Gasteiger partial charge in [0.2, 0.25) is 5.91 Å². The van der Waals surface area contributed by atoms with E-state index in [9.17, 15) is 4.79 Å². The lowest BCUT2D eigenvalue weighted by Crippen LogP contribution is -2.45. The molecule has 0 aliphatic carbocycles. The molecule has 1 aromatic carbocycles. The van der Waals surface area contributed by atoms with E-state index < -0.39 is 0 Å². The molecule has 1 amide bonds. The summed E-state index contributed by atoms with van der Waals surface area (Å²) in [6.45, 7) is 6.52.